The number of hydrogen-bond acceptors (Lipinski definition) is 4. The lowest BCUT2D eigenvalue weighted by atomic mass is 10.1. The summed E-state index contributed by atoms with van der Waals surface area (Å²) in [6, 6.07) is 9.82. The molecule has 0 unspecified atom stereocenters. The van der Waals surface area contributed by atoms with Crippen LogP contribution in [0.25, 0.3) is 0 Å². The van der Waals surface area contributed by atoms with E-state index in [2.05, 4.69) is 5.32 Å². The lowest BCUT2D eigenvalue weighted by Gasteiger charge is -2.17. The van der Waals surface area contributed by atoms with Crippen LogP contribution in [0.15, 0.2) is 48.5 Å². The Morgan fingerprint density at radius 3 is 2.39 bits per heavy atom. The van der Waals surface area contributed by atoms with E-state index in [4.69, 9.17) is 0 Å². The van der Waals surface area contributed by atoms with Gasteiger partial charge in [-0.05, 0) is 24.3 Å². The average molecular weight is 393 g/mol. The van der Waals surface area contributed by atoms with Gasteiger partial charge in [-0.3, -0.25) is 19.7 Å². The molecule has 0 aliphatic carbocycles. The number of para-hydroxylation sites is 1. The third-order valence-electron chi connectivity index (χ3n) is 4.36. The highest BCUT2D eigenvalue weighted by atomic mass is 19.4. The molecule has 0 aromatic heterocycles. The van der Waals surface area contributed by atoms with Crippen molar-refractivity contribution in [3.05, 3.63) is 64.2 Å². The molecule has 0 radical (unpaired) electrons. The molecular weight excluding hydrogens is 379 g/mol. The molecule has 2 amide bonds. The molecule has 3 rings (SSSR count). The van der Waals surface area contributed by atoms with Crippen LogP contribution in [-0.2, 0) is 15.8 Å². The Labute approximate surface area is 156 Å². The molecule has 2 aromatic carbocycles. The molecule has 1 aliphatic rings. The number of nitro groups is 1. The summed E-state index contributed by atoms with van der Waals surface area (Å²) in [5, 5.41) is 13.0. The van der Waals surface area contributed by atoms with Gasteiger partial charge in [-0.15, -0.1) is 0 Å². The fourth-order valence-corrected chi connectivity index (χ4v) is 2.96. The number of nitro benzene ring substituents is 1. The minimum absolute atomic E-state index is 0.0311. The third kappa shape index (κ3) is 3.95. The second-order valence-corrected chi connectivity index (χ2v) is 6.21. The first-order chi connectivity index (χ1) is 13.2. The van der Waals surface area contributed by atoms with Crippen molar-refractivity contribution in [1.29, 1.82) is 0 Å². The molecule has 1 N–H and O–H groups in total. The van der Waals surface area contributed by atoms with Crippen LogP contribution in [-0.4, -0.2) is 23.3 Å². The van der Waals surface area contributed by atoms with E-state index in [9.17, 15) is 32.9 Å². The molecule has 7 nitrogen and oxygen atoms in total. The number of nitrogens with zero attached hydrogens (tertiary/aromatic N) is 2. The van der Waals surface area contributed by atoms with E-state index in [1.165, 1.54) is 41.3 Å². The van der Waals surface area contributed by atoms with Crippen molar-refractivity contribution in [3.8, 4) is 0 Å². The summed E-state index contributed by atoms with van der Waals surface area (Å²) in [4.78, 5) is 36.0. The first kappa shape index (κ1) is 19.3. The number of anilines is 2. The summed E-state index contributed by atoms with van der Waals surface area (Å²) in [6.07, 6.45) is -4.79. The number of nitrogens with one attached hydrogen (secondary N) is 1. The van der Waals surface area contributed by atoms with Gasteiger partial charge in [0.1, 0.15) is 0 Å². The van der Waals surface area contributed by atoms with E-state index >= 15 is 0 Å². The van der Waals surface area contributed by atoms with Gasteiger partial charge >= 0.3 is 6.18 Å². The fraction of sp³-hybridized carbons (Fsp3) is 0.222. The highest BCUT2D eigenvalue weighted by Gasteiger charge is 2.37. The van der Waals surface area contributed by atoms with Crippen LogP contribution >= 0.6 is 0 Å². The number of hydrogen-bond donors (Lipinski definition) is 1. The lowest BCUT2D eigenvalue weighted by molar-refractivity contribution is -0.384. The second-order valence-electron chi connectivity index (χ2n) is 6.21. The minimum atomic E-state index is -4.62. The first-order valence-corrected chi connectivity index (χ1v) is 8.18. The van der Waals surface area contributed by atoms with Crippen LogP contribution in [0.1, 0.15) is 12.0 Å². The molecule has 1 heterocycles. The number of rotatable bonds is 4. The van der Waals surface area contributed by atoms with Gasteiger partial charge in [-0.25, -0.2) is 0 Å². The lowest BCUT2D eigenvalue weighted by Crippen LogP contribution is -2.28. The zero-order chi connectivity index (χ0) is 20.5. The normalized spacial score (nSPS) is 16.9. The standard InChI is InChI=1S/C18H14F3N3O4/c19-18(20,21)14-3-1-2-4-15(14)22-17(26)11-9-16(25)23(10-11)12-5-7-13(8-6-12)24(27)28/h1-8,11H,9-10H2,(H,22,26)/t11-/m1/s1. The number of alkyl halides is 3. The Morgan fingerprint density at radius 1 is 1.14 bits per heavy atom. The van der Waals surface area contributed by atoms with E-state index in [0.29, 0.717) is 5.69 Å². The maximum atomic E-state index is 13.0. The van der Waals surface area contributed by atoms with Crippen LogP contribution in [0.4, 0.5) is 30.2 Å². The van der Waals surface area contributed by atoms with Crippen molar-refractivity contribution in [3.63, 3.8) is 0 Å². The summed E-state index contributed by atoms with van der Waals surface area (Å²) in [6.45, 7) is -0.0311. The monoisotopic (exact) mass is 393 g/mol. The Kier molecular flexibility index (Phi) is 5.04. The number of halogens is 3. The van der Waals surface area contributed by atoms with Gasteiger partial charge in [-0.2, -0.15) is 13.2 Å². The van der Waals surface area contributed by atoms with Crippen molar-refractivity contribution in [1.82, 2.24) is 0 Å². The Balaban J connectivity index is 1.73. The highest BCUT2D eigenvalue weighted by Crippen LogP contribution is 2.35. The average Bonchev–Trinajstić information content (AvgIpc) is 3.03. The Morgan fingerprint density at radius 2 is 1.79 bits per heavy atom. The molecule has 0 saturated carbocycles. The predicted molar refractivity (Wildman–Crippen MR) is 93.6 cm³/mol. The van der Waals surface area contributed by atoms with E-state index in [1.54, 1.807) is 0 Å². The smallest absolute Gasteiger partial charge is 0.325 e. The third-order valence-corrected chi connectivity index (χ3v) is 4.36. The summed E-state index contributed by atoms with van der Waals surface area (Å²) < 4.78 is 39.1. The van der Waals surface area contributed by atoms with E-state index in [-0.39, 0.29) is 24.3 Å². The van der Waals surface area contributed by atoms with Crippen LogP contribution in [0, 0.1) is 16.0 Å². The second kappa shape index (κ2) is 7.29. The Hall–Kier alpha value is -3.43. The maximum Gasteiger partial charge on any atom is 0.418 e. The highest BCUT2D eigenvalue weighted by molar-refractivity contribution is 6.03. The van der Waals surface area contributed by atoms with Crippen LogP contribution in [0.5, 0.6) is 0 Å². The van der Waals surface area contributed by atoms with Crippen LogP contribution in [0.2, 0.25) is 0 Å². The zero-order valence-electron chi connectivity index (χ0n) is 14.3. The molecule has 1 fully saturated rings. The summed E-state index contributed by atoms with van der Waals surface area (Å²) in [5.41, 5.74) is -1.11. The summed E-state index contributed by atoms with van der Waals surface area (Å²) in [7, 11) is 0. The number of amides is 2. The quantitative estimate of drug-likeness (QED) is 0.635. The molecule has 1 aliphatic heterocycles. The summed E-state index contributed by atoms with van der Waals surface area (Å²) in [5.74, 6) is -1.93. The molecular formula is C18H14F3N3O4. The zero-order valence-corrected chi connectivity index (χ0v) is 14.3. The molecule has 1 saturated heterocycles. The molecule has 0 spiro atoms. The van der Waals surface area contributed by atoms with Gasteiger partial charge in [0, 0.05) is 30.8 Å². The molecule has 10 heteroatoms. The number of carbonyl (C=O) groups excluding carboxylic acids is 2. The SMILES string of the molecule is O=C(Nc1ccccc1C(F)(F)F)[C@@H]1CC(=O)N(c2ccc([N+](=O)[O-])cc2)C1. The van der Waals surface area contributed by atoms with Gasteiger partial charge in [0.15, 0.2) is 0 Å². The van der Waals surface area contributed by atoms with Gasteiger partial charge in [0.25, 0.3) is 5.69 Å². The summed E-state index contributed by atoms with van der Waals surface area (Å²) >= 11 is 0. The van der Waals surface area contributed by atoms with E-state index < -0.39 is 34.4 Å². The van der Waals surface area contributed by atoms with Gasteiger partial charge in [0.05, 0.1) is 22.1 Å². The van der Waals surface area contributed by atoms with Gasteiger partial charge in [0.2, 0.25) is 11.8 Å². The molecule has 2 aromatic rings. The van der Waals surface area contributed by atoms with Crippen molar-refractivity contribution < 1.29 is 27.7 Å². The molecule has 146 valence electrons. The van der Waals surface area contributed by atoms with Crippen LogP contribution < -0.4 is 10.2 Å². The van der Waals surface area contributed by atoms with E-state index in [0.717, 1.165) is 12.1 Å². The number of non-ortho nitro benzene ring substituents is 1. The minimum Gasteiger partial charge on any atom is -0.325 e. The van der Waals surface area contributed by atoms with Gasteiger partial charge < -0.3 is 10.2 Å². The predicted octanol–water partition coefficient (Wildman–Crippen LogP) is 3.61. The fourth-order valence-electron chi connectivity index (χ4n) is 2.96. The maximum absolute atomic E-state index is 13.0. The number of carbonyl (C=O) groups is 2. The molecule has 1 atom stereocenters. The largest absolute Gasteiger partial charge is 0.418 e. The topological polar surface area (TPSA) is 92.6 Å². The van der Waals surface area contributed by atoms with Crippen molar-refractivity contribution in [2.75, 3.05) is 16.8 Å². The van der Waals surface area contributed by atoms with Crippen molar-refractivity contribution in [2.24, 2.45) is 5.92 Å². The van der Waals surface area contributed by atoms with Crippen molar-refractivity contribution in [2.45, 2.75) is 12.6 Å². The number of benzene rings is 2. The van der Waals surface area contributed by atoms with Gasteiger partial charge in [-0.1, -0.05) is 12.1 Å². The van der Waals surface area contributed by atoms with E-state index in [1.807, 2.05) is 0 Å². The first-order valence-electron chi connectivity index (χ1n) is 8.18. The van der Waals surface area contributed by atoms with Crippen molar-refractivity contribution >= 4 is 28.9 Å². The molecule has 0 bridgehead atoms. The Bertz CT molecular complexity index is 928. The molecule has 28 heavy (non-hydrogen) atoms. The van der Waals surface area contributed by atoms with Crippen LogP contribution in [0.3, 0.4) is 0 Å².